The van der Waals surface area contributed by atoms with E-state index >= 15 is 0 Å². The van der Waals surface area contributed by atoms with E-state index in [-0.39, 0.29) is 18.5 Å². The van der Waals surface area contributed by atoms with E-state index in [0.717, 1.165) is 69.4 Å². The molecular weight excluding hydrogens is 614 g/mol. The maximum Gasteiger partial charge on any atom is 0.244 e. The molecule has 1 atom stereocenters. The standard InChI is InChI=1S/C33H40BrN3O4S/c1-24-12-10-19-30(25(24)2)37(42(3,40)41)23-32(38)36(22-27-15-11-16-28(34)20-27)31(21-26-13-6-4-7-14-26)33(39)35-29-17-8-5-9-18-29/h4,6-7,10-16,19-20,29,31H,5,8-9,17-18,21-23H2,1-3H3,(H,35,39)/t31-/m1/s1. The third-order valence-corrected chi connectivity index (χ3v) is 9.61. The van der Waals surface area contributed by atoms with Gasteiger partial charge >= 0.3 is 0 Å². The van der Waals surface area contributed by atoms with Crippen LogP contribution in [0.15, 0.2) is 77.3 Å². The summed E-state index contributed by atoms with van der Waals surface area (Å²) in [5.74, 6) is -0.659. The van der Waals surface area contributed by atoms with Gasteiger partial charge in [-0.25, -0.2) is 8.42 Å². The predicted molar refractivity (Wildman–Crippen MR) is 172 cm³/mol. The summed E-state index contributed by atoms with van der Waals surface area (Å²) in [5.41, 5.74) is 3.92. The van der Waals surface area contributed by atoms with Gasteiger partial charge in [-0.2, -0.15) is 0 Å². The molecule has 0 unspecified atom stereocenters. The van der Waals surface area contributed by atoms with Crippen molar-refractivity contribution in [1.82, 2.24) is 10.2 Å². The van der Waals surface area contributed by atoms with Crippen molar-refractivity contribution in [3.05, 3.63) is 99.5 Å². The lowest BCUT2D eigenvalue weighted by Crippen LogP contribution is -2.55. The molecule has 7 nitrogen and oxygen atoms in total. The average Bonchev–Trinajstić information content (AvgIpc) is 2.95. The van der Waals surface area contributed by atoms with Gasteiger partial charge in [-0.15, -0.1) is 0 Å². The number of nitrogens with zero attached hydrogens (tertiary/aromatic N) is 2. The zero-order valence-electron chi connectivity index (χ0n) is 24.6. The summed E-state index contributed by atoms with van der Waals surface area (Å²) in [6.45, 7) is 3.49. The topological polar surface area (TPSA) is 86.8 Å². The Morgan fingerprint density at radius 1 is 0.929 bits per heavy atom. The highest BCUT2D eigenvalue weighted by Crippen LogP contribution is 2.26. The highest BCUT2D eigenvalue weighted by molar-refractivity contribution is 9.10. The molecule has 1 N–H and O–H groups in total. The van der Waals surface area contributed by atoms with Gasteiger partial charge in [-0.1, -0.05) is 89.8 Å². The number of halogens is 1. The van der Waals surface area contributed by atoms with Gasteiger partial charge in [0.1, 0.15) is 12.6 Å². The molecule has 1 saturated carbocycles. The molecule has 0 saturated heterocycles. The van der Waals surface area contributed by atoms with Crippen LogP contribution in [0.25, 0.3) is 0 Å². The summed E-state index contributed by atoms with van der Waals surface area (Å²) in [6.07, 6.45) is 6.53. The molecule has 4 rings (SSSR count). The van der Waals surface area contributed by atoms with Crippen LogP contribution in [0.4, 0.5) is 5.69 Å². The molecule has 0 spiro atoms. The minimum atomic E-state index is -3.82. The van der Waals surface area contributed by atoms with Crippen LogP contribution < -0.4 is 9.62 Å². The Hall–Kier alpha value is -3.17. The fourth-order valence-electron chi connectivity index (χ4n) is 5.53. The van der Waals surface area contributed by atoms with Gasteiger partial charge in [-0.05, 0) is 67.1 Å². The fraction of sp³-hybridized carbons (Fsp3) is 0.394. The number of hydrogen-bond acceptors (Lipinski definition) is 4. The second kappa shape index (κ2) is 14.3. The van der Waals surface area contributed by atoms with E-state index in [1.54, 1.807) is 17.0 Å². The van der Waals surface area contributed by atoms with Crippen molar-refractivity contribution in [2.75, 3.05) is 17.1 Å². The Morgan fingerprint density at radius 3 is 2.26 bits per heavy atom. The summed E-state index contributed by atoms with van der Waals surface area (Å²) in [4.78, 5) is 29.9. The van der Waals surface area contributed by atoms with Gasteiger partial charge in [0.15, 0.2) is 0 Å². The maximum atomic E-state index is 14.3. The van der Waals surface area contributed by atoms with Crippen LogP contribution in [-0.2, 0) is 32.6 Å². The number of carbonyl (C=O) groups is 2. The zero-order chi connectivity index (χ0) is 30.3. The second-order valence-corrected chi connectivity index (χ2v) is 14.0. The molecular formula is C33H40BrN3O4S. The Bertz CT molecular complexity index is 1490. The van der Waals surface area contributed by atoms with Crippen molar-refractivity contribution >= 4 is 43.5 Å². The van der Waals surface area contributed by atoms with Gasteiger partial charge < -0.3 is 10.2 Å². The molecule has 0 aliphatic heterocycles. The summed E-state index contributed by atoms with van der Waals surface area (Å²) in [7, 11) is -3.82. The molecule has 0 radical (unpaired) electrons. The number of hydrogen-bond donors (Lipinski definition) is 1. The van der Waals surface area contributed by atoms with E-state index in [0.29, 0.717) is 12.1 Å². The molecule has 2 amide bonds. The Morgan fingerprint density at radius 2 is 1.60 bits per heavy atom. The van der Waals surface area contributed by atoms with Gasteiger partial charge in [0.25, 0.3) is 0 Å². The van der Waals surface area contributed by atoms with Crippen molar-refractivity contribution < 1.29 is 18.0 Å². The number of amides is 2. The first-order chi connectivity index (χ1) is 20.0. The zero-order valence-corrected chi connectivity index (χ0v) is 27.0. The molecule has 1 aliphatic rings. The van der Waals surface area contributed by atoms with Crippen LogP contribution in [0.3, 0.4) is 0 Å². The monoisotopic (exact) mass is 653 g/mol. The molecule has 1 fully saturated rings. The maximum absolute atomic E-state index is 14.3. The van der Waals surface area contributed by atoms with E-state index in [1.165, 1.54) is 0 Å². The molecule has 3 aromatic carbocycles. The average molecular weight is 655 g/mol. The smallest absolute Gasteiger partial charge is 0.244 e. The highest BCUT2D eigenvalue weighted by Gasteiger charge is 2.34. The number of anilines is 1. The molecule has 0 heterocycles. The number of carbonyl (C=O) groups excluding carboxylic acids is 2. The van der Waals surface area contributed by atoms with Crippen LogP contribution in [0, 0.1) is 13.8 Å². The predicted octanol–water partition coefficient (Wildman–Crippen LogP) is 5.92. The quantitative estimate of drug-likeness (QED) is 0.278. The Balaban J connectivity index is 1.74. The third-order valence-electron chi connectivity index (χ3n) is 7.99. The normalized spacial score (nSPS) is 14.7. The summed E-state index contributed by atoms with van der Waals surface area (Å²) >= 11 is 3.52. The van der Waals surface area contributed by atoms with Gasteiger partial charge in [0.05, 0.1) is 11.9 Å². The summed E-state index contributed by atoms with van der Waals surface area (Å²) in [6, 6.07) is 21.9. The molecule has 9 heteroatoms. The summed E-state index contributed by atoms with van der Waals surface area (Å²) in [5, 5.41) is 3.23. The number of rotatable bonds is 11. The van der Waals surface area contributed by atoms with Crippen LogP contribution in [0.5, 0.6) is 0 Å². The number of sulfonamides is 1. The van der Waals surface area contributed by atoms with Gasteiger partial charge in [0.2, 0.25) is 21.8 Å². The van der Waals surface area contributed by atoms with Crippen molar-refractivity contribution in [2.24, 2.45) is 0 Å². The fourth-order valence-corrected chi connectivity index (χ4v) is 6.88. The molecule has 0 bridgehead atoms. The lowest BCUT2D eigenvalue weighted by atomic mass is 9.94. The van der Waals surface area contributed by atoms with E-state index in [2.05, 4.69) is 21.2 Å². The van der Waals surface area contributed by atoms with Crippen LogP contribution in [0.2, 0.25) is 0 Å². The molecule has 0 aromatic heterocycles. The highest BCUT2D eigenvalue weighted by atomic mass is 79.9. The van der Waals surface area contributed by atoms with Crippen molar-refractivity contribution in [3.63, 3.8) is 0 Å². The van der Waals surface area contributed by atoms with Crippen LogP contribution in [0.1, 0.15) is 54.4 Å². The lowest BCUT2D eigenvalue weighted by Gasteiger charge is -2.35. The minimum absolute atomic E-state index is 0.0646. The first kappa shape index (κ1) is 31.8. The molecule has 3 aromatic rings. The Kier molecular flexibility index (Phi) is 10.8. The van der Waals surface area contributed by atoms with Crippen molar-refractivity contribution in [2.45, 2.75) is 71.0 Å². The van der Waals surface area contributed by atoms with E-state index in [4.69, 9.17) is 0 Å². The first-order valence-electron chi connectivity index (χ1n) is 14.4. The SMILES string of the molecule is Cc1cccc(N(CC(=O)N(Cc2cccc(Br)c2)[C@H](Cc2ccccc2)C(=O)NC2CCCCC2)S(C)(=O)=O)c1C. The van der Waals surface area contributed by atoms with E-state index in [9.17, 15) is 18.0 Å². The first-order valence-corrected chi connectivity index (χ1v) is 17.1. The lowest BCUT2D eigenvalue weighted by molar-refractivity contribution is -0.140. The van der Waals surface area contributed by atoms with Crippen molar-refractivity contribution in [3.8, 4) is 0 Å². The number of nitrogens with one attached hydrogen (secondary N) is 1. The summed E-state index contributed by atoms with van der Waals surface area (Å²) < 4.78 is 28.2. The molecule has 42 heavy (non-hydrogen) atoms. The molecule has 1 aliphatic carbocycles. The minimum Gasteiger partial charge on any atom is -0.352 e. The van der Waals surface area contributed by atoms with Crippen LogP contribution in [-0.4, -0.2) is 50.0 Å². The second-order valence-electron chi connectivity index (χ2n) is 11.2. The van der Waals surface area contributed by atoms with E-state index in [1.807, 2.05) is 74.5 Å². The van der Waals surface area contributed by atoms with Gasteiger partial charge in [0, 0.05) is 23.5 Å². The number of benzene rings is 3. The van der Waals surface area contributed by atoms with Crippen LogP contribution >= 0.6 is 15.9 Å². The Labute approximate surface area is 258 Å². The van der Waals surface area contributed by atoms with Gasteiger partial charge in [-0.3, -0.25) is 13.9 Å². The largest absolute Gasteiger partial charge is 0.352 e. The van der Waals surface area contributed by atoms with Crippen molar-refractivity contribution in [1.29, 1.82) is 0 Å². The molecule has 224 valence electrons. The third kappa shape index (κ3) is 8.44. The van der Waals surface area contributed by atoms with E-state index < -0.39 is 28.5 Å². The number of aryl methyl sites for hydroxylation is 1.